The normalized spacial score (nSPS) is 11.3. The van der Waals surface area contributed by atoms with Crippen LogP contribution in [-0.4, -0.2) is 31.7 Å². The van der Waals surface area contributed by atoms with Crippen LogP contribution in [0.15, 0.2) is 48.5 Å². The lowest BCUT2D eigenvalue weighted by Gasteiger charge is -2.15. The van der Waals surface area contributed by atoms with Crippen molar-refractivity contribution in [1.29, 1.82) is 0 Å². The van der Waals surface area contributed by atoms with Gasteiger partial charge in [-0.15, -0.1) is 0 Å². The fourth-order valence-electron chi connectivity index (χ4n) is 2.12. The maximum absolute atomic E-state index is 12.3. The van der Waals surface area contributed by atoms with Crippen LogP contribution < -0.4 is 14.8 Å². The highest BCUT2D eigenvalue weighted by molar-refractivity contribution is 5.97. The minimum Gasteiger partial charge on any atom is -0.493 e. The molecule has 1 amide bonds. The smallest absolute Gasteiger partial charge is 0.339 e. The quantitative estimate of drug-likeness (QED) is 0.781. The van der Waals surface area contributed by atoms with Crippen LogP contribution in [-0.2, 0) is 9.53 Å². The van der Waals surface area contributed by atoms with E-state index in [1.54, 1.807) is 36.4 Å². The summed E-state index contributed by atoms with van der Waals surface area (Å²) >= 11 is 0. The van der Waals surface area contributed by atoms with Gasteiger partial charge in [0.2, 0.25) is 0 Å². The van der Waals surface area contributed by atoms with Gasteiger partial charge in [0, 0.05) is 5.69 Å². The van der Waals surface area contributed by atoms with Crippen molar-refractivity contribution in [3.05, 3.63) is 54.1 Å². The van der Waals surface area contributed by atoms with Crippen molar-refractivity contribution >= 4 is 17.6 Å². The topological polar surface area (TPSA) is 73.9 Å². The molecule has 0 fully saturated rings. The molecule has 0 spiro atoms. The zero-order valence-electron chi connectivity index (χ0n) is 14.4. The van der Waals surface area contributed by atoms with Gasteiger partial charge in [0.15, 0.2) is 17.6 Å². The van der Waals surface area contributed by atoms with Gasteiger partial charge in [-0.3, -0.25) is 4.79 Å². The molecule has 6 nitrogen and oxygen atoms in total. The van der Waals surface area contributed by atoms with Crippen molar-refractivity contribution in [3.8, 4) is 11.5 Å². The second-order valence-corrected chi connectivity index (χ2v) is 5.20. The summed E-state index contributed by atoms with van der Waals surface area (Å²) in [5.74, 6) is -0.0495. The van der Waals surface area contributed by atoms with E-state index in [1.165, 1.54) is 20.1 Å². The second-order valence-electron chi connectivity index (χ2n) is 5.20. The molecule has 0 heterocycles. The van der Waals surface area contributed by atoms with E-state index in [4.69, 9.17) is 14.2 Å². The lowest BCUT2D eigenvalue weighted by molar-refractivity contribution is -0.123. The highest BCUT2D eigenvalue weighted by Crippen LogP contribution is 2.28. The maximum Gasteiger partial charge on any atom is 0.339 e. The molecular formula is C19H21NO5. The van der Waals surface area contributed by atoms with Crippen LogP contribution in [0.4, 0.5) is 5.69 Å². The molecule has 2 rings (SSSR count). The van der Waals surface area contributed by atoms with Gasteiger partial charge >= 0.3 is 5.97 Å². The van der Waals surface area contributed by atoms with Crippen molar-refractivity contribution in [3.63, 3.8) is 0 Å². The largest absolute Gasteiger partial charge is 0.493 e. The van der Waals surface area contributed by atoms with E-state index in [-0.39, 0.29) is 5.56 Å². The van der Waals surface area contributed by atoms with E-state index in [9.17, 15) is 9.59 Å². The van der Waals surface area contributed by atoms with Gasteiger partial charge in [-0.05, 0) is 44.2 Å². The lowest BCUT2D eigenvalue weighted by Crippen LogP contribution is -2.30. The minimum absolute atomic E-state index is 0.281. The first-order chi connectivity index (χ1) is 12.0. The number of methoxy groups -OCH3 is 1. The number of benzene rings is 2. The average Bonchev–Trinajstić information content (AvgIpc) is 2.62. The van der Waals surface area contributed by atoms with E-state index in [0.29, 0.717) is 23.8 Å². The van der Waals surface area contributed by atoms with E-state index < -0.39 is 18.0 Å². The first-order valence-corrected chi connectivity index (χ1v) is 7.93. The number of esters is 1. The average molecular weight is 343 g/mol. The SMILES string of the molecule is CCOc1cc(C(=O)O[C@@H](C)C(=O)Nc2ccccc2)ccc1OC. The van der Waals surface area contributed by atoms with Crippen molar-refractivity contribution in [2.24, 2.45) is 0 Å². The summed E-state index contributed by atoms with van der Waals surface area (Å²) in [7, 11) is 1.52. The summed E-state index contributed by atoms with van der Waals surface area (Å²) in [6, 6.07) is 13.7. The summed E-state index contributed by atoms with van der Waals surface area (Å²) in [6.45, 7) is 3.79. The van der Waals surface area contributed by atoms with Crippen molar-refractivity contribution in [2.75, 3.05) is 19.0 Å². The molecule has 1 atom stereocenters. The Morgan fingerprint density at radius 3 is 2.44 bits per heavy atom. The molecule has 25 heavy (non-hydrogen) atoms. The Bertz CT molecular complexity index is 730. The number of rotatable bonds is 7. The highest BCUT2D eigenvalue weighted by Gasteiger charge is 2.20. The summed E-state index contributed by atoms with van der Waals surface area (Å²) in [4.78, 5) is 24.4. The number of hydrogen-bond donors (Lipinski definition) is 1. The first-order valence-electron chi connectivity index (χ1n) is 7.93. The van der Waals surface area contributed by atoms with Crippen molar-refractivity contribution < 1.29 is 23.8 Å². The van der Waals surface area contributed by atoms with Crippen molar-refractivity contribution in [2.45, 2.75) is 20.0 Å². The molecule has 0 aliphatic rings. The Morgan fingerprint density at radius 1 is 1.08 bits per heavy atom. The molecule has 6 heteroatoms. The molecule has 0 saturated carbocycles. The standard InChI is InChI=1S/C19H21NO5/c1-4-24-17-12-14(10-11-16(17)23-3)19(22)25-13(2)18(21)20-15-8-6-5-7-9-15/h5-13H,4H2,1-3H3,(H,20,21)/t13-/m0/s1. The molecule has 0 bridgehead atoms. The molecule has 2 aromatic rings. The van der Waals surface area contributed by atoms with Crippen LogP contribution in [0.25, 0.3) is 0 Å². The number of carbonyl (C=O) groups is 2. The number of amides is 1. The van der Waals surface area contributed by atoms with Crippen LogP contribution >= 0.6 is 0 Å². The van der Waals surface area contributed by atoms with Gasteiger partial charge < -0.3 is 19.5 Å². The number of anilines is 1. The van der Waals surface area contributed by atoms with Crippen molar-refractivity contribution in [1.82, 2.24) is 0 Å². The van der Waals surface area contributed by atoms with Gasteiger partial charge in [-0.1, -0.05) is 18.2 Å². The van der Waals surface area contributed by atoms with Gasteiger partial charge in [0.25, 0.3) is 5.91 Å². The molecule has 0 saturated heterocycles. The number of para-hydroxylation sites is 1. The molecular weight excluding hydrogens is 322 g/mol. The van der Waals surface area contributed by atoms with E-state index in [2.05, 4.69) is 5.32 Å². The Hall–Kier alpha value is -3.02. The molecule has 0 unspecified atom stereocenters. The van der Waals surface area contributed by atoms with E-state index >= 15 is 0 Å². The predicted octanol–water partition coefficient (Wildman–Crippen LogP) is 3.28. The number of hydrogen-bond acceptors (Lipinski definition) is 5. The Morgan fingerprint density at radius 2 is 1.80 bits per heavy atom. The predicted molar refractivity (Wildman–Crippen MR) is 94.1 cm³/mol. The Labute approximate surface area is 146 Å². The van der Waals surface area contributed by atoms with Crippen LogP contribution in [0, 0.1) is 0 Å². The zero-order chi connectivity index (χ0) is 18.2. The number of carbonyl (C=O) groups excluding carboxylic acids is 2. The molecule has 0 aromatic heterocycles. The van der Waals surface area contributed by atoms with Crippen LogP contribution in [0.3, 0.4) is 0 Å². The summed E-state index contributed by atoms with van der Waals surface area (Å²) in [5.41, 5.74) is 0.919. The van der Waals surface area contributed by atoms with Crippen LogP contribution in [0.2, 0.25) is 0 Å². The summed E-state index contributed by atoms with van der Waals surface area (Å²) in [5, 5.41) is 2.69. The third-order valence-corrected chi connectivity index (χ3v) is 3.39. The summed E-state index contributed by atoms with van der Waals surface area (Å²) in [6.07, 6.45) is -0.939. The third-order valence-electron chi connectivity index (χ3n) is 3.39. The van der Waals surface area contributed by atoms with Crippen LogP contribution in [0.5, 0.6) is 11.5 Å². The van der Waals surface area contributed by atoms with E-state index in [0.717, 1.165) is 0 Å². The van der Waals surface area contributed by atoms with Gasteiger partial charge in [-0.25, -0.2) is 4.79 Å². The van der Waals surface area contributed by atoms with Gasteiger partial charge in [0.05, 0.1) is 19.3 Å². The van der Waals surface area contributed by atoms with Gasteiger partial charge in [-0.2, -0.15) is 0 Å². The second kappa shape index (κ2) is 8.73. The Kier molecular flexibility index (Phi) is 6.39. The monoisotopic (exact) mass is 343 g/mol. The molecule has 0 radical (unpaired) electrons. The third kappa shape index (κ3) is 4.97. The fraction of sp³-hybridized carbons (Fsp3) is 0.263. The minimum atomic E-state index is -0.939. The van der Waals surface area contributed by atoms with Gasteiger partial charge in [0.1, 0.15) is 0 Å². The fourth-order valence-corrected chi connectivity index (χ4v) is 2.12. The lowest BCUT2D eigenvalue weighted by atomic mass is 10.2. The Balaban J connectivity index is 2.03. The molecule has 0 aliphatic heterocycles. The first kappa shape index (κ1) is 18.3. The van der Waals surface area contributed by atoms with E-state index in [1.807, 2.05) is 13.0 Å². The molecule has 1 N–H and O–H groups in total. The maximum atomic E-state index is 12.3. The summed E-state index contributed by atoms with van der Waals surface area (Å²) < 4.78 is 15.8. The van der Waals surface area contributed by atoms with Crippen LogP contribution in [0.1, 0.15) is 24.2 Å². The number of nitrogens with one attached hydrogen (secondary N) is 1. The highest BCUT2D eigenvalue weighted by atomic mass is 16.5. The zero-order valence-corrected chi connectivity index (χ0v) is 14.4. The molecule has 0 aliphatic carbocycles. The molecule has 2 aromatic carbocycles. The number of ether oxygens (including phenoxy) is 3. The molecule has 132 valence electrons.